The fourth-order valence-corrected chi connectivity index (χ4v) is 3.64. The molecule has 140 valence electrons. The number of para-hydroxylation sites is 2. The first-order chi connectivity index (χ1) is 13.1. The van der Waals surface area contributed by atoms with Crippen LogP contribution in [0.15, 0.2) is 42.5 Å². The first kappa shape index (κ1) is 17.5. The second-order valence-electron chi connectivity index (χ2n) is 6.91. The van der Waals surface area contributed by atoms with Crippen molar-refractivity contribution in [2.75, 3.05) is 25.1 Å². The van der Waals surface area contributed by atoms with Gasteiger partial charge in [0.05, 0.1) is 30.4 Å². The molecule has 4 rings (SSSR count). The lowest BCUT2D eigenvalue weighted by molar-refractivity contribution is -0.00536. The van der Waals surface area contributed by atoms with Crippen LogP contribution in [0.2, 0.25) is 0 Å². The molecule has 0 aliphatic carbocycles. The van der Waals surface area contributed by atoms with E-state index in [0.29, 0.717) is 17.1 Å². The fourth-order valence-electron chi connectivity index (χ4n) is 3.64. The summed E-state index contributed by atoms with van der Waals surface area (Å²) in [4.78, 5) is 11.8. The number of aromatic nitrogens is 2. The van der Waals surface area contributed by atoms with Crippen molar-refractivity contribution < 1.29 is 14.6 Å². The number of aromatic hydroxyl groups is 1. The van der Waals surface area contributed by atoms with Crippen molar-refractivity contribution in [1.82, 2.24) is 9.97 Å². The lowest BCUT2D eigenvalue weighted by atomic mass is 10.1. The number of benzene rings is 2. The number of hydrogen-bond donors (Lipinski definition) is 1. The van der Waals surface area contributed by atoms with E-state index < -0.39 is 0 Å². The van der Waals surface area contributed by atoms with Crippen molar-refractivity contribution in [3.8, 4) is 22.9 Å². The second kappa shape index (κ2) is 7.04. The number of anilines is 1. The molecule has 27 heavy (non-hydrogen) atoms. The Hall–Kier alpha value is -2.86. The molecular weight excluding hydrogens is 342 g/mol. The smallest absolute Gasteiger partial charge is 0.168 e. The maximum absolute atomic E-state index is 10.6. The third-order valence-electron chi connectivity index (χ3n) is 4.76. The number of phenolic OH excluding ortho intramolecular Hbond substituents is 1. The molecule has 2 heterocycles. The number of nitrogens with zero attached hydrogens (tertiary/aromatic N) is 3. The van der Waals surface area contributed by atoms with Gasteiger partial charge in [0.25, 0.3) is 0 Å². The maximum atomic E-state index is 10.6. The lowest BCUT2D eigenvalue weighted by Crippen LogP contribution is -2.46. The number of hydrogen-bond acceptors (Lipinski definition) is 6. The molecule has 0 unspecified atom stereocenters. The molecule has 6 nitrogen and oxygen atoms in total. The summed E-state index contributed by atoms with van der Waals surface area (Å²) in [6, 6.07) is 13.3. The summed E-state index contributed by atoms with van der Waals surface area (Å²) in [6.07, 6.45) is 0.243. The van der Waals surface area contributed by atoms with Gasteiger partial charge in [-0.05, 0) is 38.1 Å². The van der Waals surface area contributed by atoms with Gasteiger partial charge in [-0.1, -0.05) is 18.2 Å². The summed E-state index contributed by atoms with van der Waals surface area (Å²) < 4.78 is 11.1. The van der Waals surface area contributed by atoms with Gasteiger partial charge in [0, 0.05) is 18.5 Å². The molecule has 1 N–H and O–H groups in total. The van der Waals surface area contributed by atoms with E-state index >= 15 is 0 Å². The first-order valence-electron chi connectivity index (χ1n) is 9.10. The number of fused-ring (bicyclic) bond motifs is 1. The van der Waals surface area contributed by atoms with Gasteiger partial charge in [0.2, 0.25) is 0 Å². The second-order valence-corrected chi connectivity index (χ2v) is 6.91. The van der Waals surface area contributed by atoms with Gasteiger partial charge in [0.15, 0.2) is 17.3 Å². The fraction of sp³-hybridized carbons (Fsp3) is 0.333. The molecule has 1 fully saturated rings. The number of morpholine rings is 1. The van der Waals surface area contributed by atoms with Crippen LogP contribution in [-0.2, 0) is 4.74 Å². The van der Waals surface area contributed by atoms with E-state index in [1.165, 1.54) is 7.11 Å². The van der Waals surface area contributed by atoms with Crippen LogP contribution in [0.5, 0.6) is 11.5 Å². The minimum atomic E-state index is 0.0462. The summed E-state index contributed by atoms with van der Waals surface area (Å²) in [5.41, 5.74) is 1.39. The Bertz CT molecular complexity index is 966. The molecule has 1 saturated heterocycles. The van der Waals surface area contributed by atoms with E-state index in [1.807, 2.05) is 30.3 Å². The highest BCUT2D eigenvalue weighted by atomic mass is 16.5. The van der Waals surface area contributed by atoms with Crippen LogP contribution in [0.4, 0.5) is 5.82 Å². The van der Waals surface area contributed by atoms with Gasteiger partial charge in [-0.25, -0.2) is 9.97 Å². The van der Waals surface area contributed by atoms with Crippen LogP contribution in [0, 0.1) is 0 Å². The Morgan fingerprint density at radius 3 is 2.52 bits per heavy atom. The Morgan fingerprint density at radius 2 is 1.78 bits per heavy atom. The molecule has 1 aliphatic rings. The monoisotopic (exact) mass is 365 g/mol. The van der Waals surface area contributed by atoms with E-state index in [-0.39, 0.29) is 18.0 Å². The predicted octanol–water partition coefficient (Wildman–Crippen LogP) is 3.62. The SMILES string of the molecule is COc1cccc(-c2nc(N3C[C@H](C)O[C@@H](C)C3)c3ccccc3n2)c1O. The molecular formula is C21H23N3O3. The number of rotatable bonds is 3. The zero-order chi connectivity index (χ0) is 19.0. The third kappa shape index (κ3) is 3.28. The van der Waals surface area contributed by atoms with E-state index in [4.69, 9.17) is 19.4 Å². The van der Waals surface area contributed by atoms with Crippen molar-refractivity contribution >= 4 is 16.7 Å². The lowest BCUT2D eigenvalue weighted by Gasteiger charge is -2.36. The molecule has 2 aromatic carbocycles. The van der Waals surface area contributed by atoms with Crippen molar-refractivity contribution in [3.63, 3.8) is 0 Å². The third-order valence-corrected chi connectivity index (χ3v) is 4.76. The number of ether oxygens (including phenoxy) is 2. The Kier molecular flexibility index (Phi) is 4.58. The standard InChI is InChI=1S/C21H23N3O3/c1-13-11-24(12-14(2)27-13)21-15-7-4-5-9-17(15)22-20(23-21)16-8-6-10-18(26-3)19(16)25/h4-10,13-14,25H,11-12H2,1-3H3/t13-,14-/m0/s1. The molecule has 0 amide bonds. The summed E-state index contributed by atoms with van der Waals surface area (Å²) in [5, 5.41) is 11.6. The van der Waals surface area contributed by atoms with Crippen molar-refractivity contribution in [3.05, 3.63) is 42.5 Å². The van der Waals surface area contributed by atoms with Gasteiger partial charge >= 0.3 is 0 Å². The first-order valence-corrected chi connectivity index (χ1v) is 9.10. The minimum Gasteiger partial charge on any atom is -0.504 e. The van der Waals surface area contributed by atoms with E-state index in [2.05, 4.69) is 18.7 Å². The Balaban J connectivity index is 1.89. The average Bonchev–Trinajstić information content (AvgIpc) is 2.66. The largest absolute Gasteiger partial charge is 0.504 e. The molecule has 0 spiro atoms. The van der Waals surface area contributed by atoms with Gasteiger partial charge in [-0.2, -0.15) is 0 Å². The minimum absolute atomic E-state index is 0.0462. The van der Waals surface area contributed by atoms with Crippen molar-refractivity contribution in [1.29, 1.82) is 0 Å². The topological polar surface area (TPSA) is 67.7 Å². The molecule has 2 atom stereocenters. The van der Waals surface area contributed by atoms with E-state index in [0.717, 1.165) is 29.8 Å². The van der Waals surface area contributed by atoms with Crippen LogP contribution in [0.3, 0.4) is 0 Å². The van der Waals surface area contributed by atoms with Crippen molar-refractivity contribution in [2.24, 2.45) is 0 Å². The van der Waals surface area contributed by atoms with Crippen LogP contribution >= 0.6 is 0 Å². The molecule has 0 radical (unpaired) electrons. The number of phenols is 1. The molecule has 1 aliphatic heterocycles. The molecule has 6 heteroatoms. The quantitative estimate of drug-likeness (QED) is 0.765. The molecule has 0 saturated carbocycles. The average molecular weight is 365 g/mol. The normalized spacial score (nSPS) is 20.0. The van der Waals surface area contributed by atoms with Gasteiger partial charge in [-0.15, -0.1) is 0 Å². The highest BCUT2D eigenvalue weighted by Crippen LogP contribution is 2.37. The van der Waals surface area contributed by atoms with E-state index in [9.17, 15) is 5.11 Å². The van der Waals surface area contributed by atoms with Crippen molar-refractivity contribution in [2.45, 2.75) is 26.1 Å². The van der Waals surface area contributed by atoms with Gasteiger partial charge < -0.3 is 19.5 Å². The maximum Gasteiger partial charge on any atom is 0.168 e. The zero-order valence-electron chi connectivity index (χ0n) is 15.7. The highest BCUT2D eigenvalue weighted by Gasteiger charge is 2.26. The Labute approximate surface area is 158 Å². The van der Waals surface area contributed by atoms with E-state index in [1.54, 1.807) is 12.1 Å². The summed E-state index contributed by atoms with van der Waals surface area (Å²) in [5.74, 6) is 1.79. The van der Waals surface area contributed by atoms with Crippen LogP contribution in [0.1, 0.15) is 13.8 Å². The van der Waals surface area contributed by atoms with Gasteiger partial charge in [-0.3, -0.25) is 0 Å². The van der Waals surface area contributed by atoms with Crippen LogP contribution in [0.25, 0.3) is 22.3 Å². The Morgan fingerprint density at radius 1 is 1.04 bits per heavy atom. The van der Waals surface area contributed by atoms with Crippen LogP contribution in [-0.4, -0.2) is 47.5 Å². The molecule has 3 aromatic rings. The predicted molar refractivity (Wildman–Crippen MR) is 105 cm³/mol. The summed E-state index contributed by atoms with van der Waals surface area (Å²) in [7, 11) is 1.53. The highest BCUT2D eigenvalue weighted by molar-refractivity contribution is 5.91. The molecule has 0 bridgehead atoms. The van der Waals surface area contributed by atoms with Gasteiger partial charge in [0.1, 0.15) is 5.82 Å². The van der Waals surface area contributed by atoms with Crippen LogP contribution < -0.4 is 9.64 Å². The summed E-state index contributed by atoms with van der Waals surface area (Å²) in [6.45, 7) is 5.66. The summed E-state index contributed by atoms with van der Waals surface area (Å²) >= 11 is 0. The zero-order valence-corrected chi connectivity index (χ0v) is 15.7. The molecule has 1 aromatic heterocycles. The number of methoxy groups -OCH3 is 1.